The minimum atomic E-state index is -2.64. The Morgan fingerprint density at radius 3 is 2.52 bits per heavy atom. The number of hydrogen-bond donors (Lipinski definition) is 1. The van der Waals surface area contributed by atoms with Crippen LogP contribution in [0.5, 0.6) is 5.75 Å². The standard InChI is InChI=1S/C18H19F2N5O2/c1-24-10-8-22-16(24)12-27-14-4-2-13(3-5-14)17(26)23-7-6-15-21-9-11-25(15)18(19)20/h2-5,8-11,18H,6-7,12H2,1H3,(H,23,26). The van der Waals surface area contributed by atoms with E-state index in [0.717, 1.165) is 10.4 Å². The van der Waals surface area contributed by atoms with Gasteiger partial charge in [0.05, 0.1) is 0 Å². The number of alkyl halides is 2. The molecule has 2 heterocycles. The van der Waals surface area contributed by atoms with Gasteiger partial charge in [-0.05, 0) is 24.3 Å². The number of amides is 1. The van der Waals surface area contributed by atoms with Crippen LogP contribution in [0.1, 0.15) is 28.6 Å². The Hall–Kier alpha value is -3.23. The highest BCUT2D eigenvalue weighted by Gasteiger charge is 2.12. The number of halogens is 2. The molecule has 0 spiro atoms. The minimum Gasteiger partial charge on any atom is -0.486 e. The first kappa shape index (κ1) is 18.6. The van der Waals surface area contributed by atoms with E-state index in [2.05, 4.69) is 15.3 Å². The molecule has 0 saturated heterocycles. The molecule has 1 amide bonds. The normalized spacial score (nSPS) is 11.0. The highest BCUT2D eigenvalue weighted by Crippen LogP contribution is 2.14. The summed E-state index contributed by atoms with van der Waals surface area (Å²) in [5.74, 6) is 1.34. The maximum absolute atomic E-state index is 12.7. The minimum absolute atomic E-state index is 0.208. The van der Waals surface area contributed by atoms with Crippen molar-refractivity contribution in [3.05, 3.63) is 66.3 Å². The Bertz CT molecular complexity index is 889. The first-order valence-corrected chi connectivity index (χ1v) is 8.31. The van der Waals surface area contributed by atoms with Crippen molar-refractivity contribution in [3.8, 4) is 5.75 Å². The van der Waals surface area contributed by atoms with Gasteiger partial charge in [0.1, 0.15) is 24.0 Å². The SMILES string of the molecule is Cn1ccnc1COc1ccc(C(=O)NCCc2nccn2C(F)F)cc1. The fraction of sp³-hybridized carbons (Fsp3) is 0.278. The second-order valence-corrected chi connectivity index (χ2v) is 5.80. The van der Waals surface area contributed by atoms with Crippen LogP contribution in [0.3, 0.4) is 0 Å². The van der Waals surface area contributed by atoms with Crippen LogP contribution in [0.15, 0.2) is 49.1 Å². The smallest absolute Gasteiger partial charge is 0.319 e. The van der Waals surface area contributed by atoms with E-state index in [1.54, 1.807) is 30.5 Å². The Morgan fingerprint density at radius 2 is 1.85 bits per heavy atom. The number of nitrogens with zero attached hydrogens (tertiary/aromatic N) is 4. The van der Waals surface area contributed by atoms with Crippen molar-refractivity contribution in [2.24, 2.45) is 7.05 Å². The van der Waals surface area contributed by atoms with Gasteiger partial charge in [-0.3, -0.25) is 9.36 Å². The number of benzene rings is 1. The highest BCUT2D eigenvalue weighted by atomic mass is 19.3. The van der Waals surface area contributed by atoms with Crippen LogP contribution in [0, 0.1) is 0 Å². The van der Waals surface area contributed by atoms with Gasteiger partial charge in [-0.2, -0.15) is 8.78 Å². The second-order valence-electron chi connectivity index (χ2n) is 5.80. The molecule has 1 N–H and O–H groups in total. The lowest BCUT2D eigenvalue weighted by Gasteiger charge is -2.09. The fourth-order valence-electron chi connectivity index (χ4n) is 2.49. The molecule has 3 rings (SSSR count). The molecule has 1 aromatic carbocycles. The summed E-state index contributed by atoms with van der Waals surface area (Å²) < 4.78 is 33.8. The Labute approximate surface area is 154 Å². The Kier molecular flexibility index (Phi) is 5.80. The van der Waals surface area contributed by atoms with Crippen molar-refractivity contribution >= 4 is 5.91 Å². The van der Waals surface area contributed by atoms with Gasteiger partial charge in [-0.1, -0.05) is 0 Å². The third-order valence-corrected chi connectivity index (χ3v) is 4.00. The summed E-state index contributed by atoms with van der Waals surface area (Å²) in [7, 11) is 1.88. The van der Waals surface area contributed by atoms with Gasteiger partial charge < -0.3 is 14.6 Å². The van der Waals surface area contributed by atoms with Crippen molar-refractivity contribution in [2.45, 2.75) is 19.6 Å². The molecule has 142 valence electrons. The van der Waals surface area contributed by atoms with Crippen LogP contribution in [0.4, 0.5) is 8.78 Å². The molecule has 0 aliphatic carbocycles. The van der Waals surface area contributed by atoms with Gasteiger partial charge >= 0.3 is 6.55 Å². The lowest BCUT2D eigenvalue weighted by Crippen LogP contribution is -2.26. The topological polar surface area (TPSA) is 74.0 Å². The lowest BCUT2D eigenvalue weighted by atomic mass is 10.2. The van der Waals surface area contributed by atoms with E-state index in [9.17, 15) is 13.6 Å². The highest BCUT2D eigenvalue weighted by molar-refractivity contribution is 5.94. The molecule has 0 fully saturated rings. The van der Waals surface area contributed by atoms with Crippen LogP contribution in [-0.2, 0) is 20.1 Å². The van der Waals surface area contributed by atoms with Crippen molar-refractivity contribution in [2.75, 3.05) is 6.54 Å². The van der Waals surface area contributed by atoms with Crippen molar-refractivity contribution in [3.63, 3.8) is 0 Å². The second kappa shape index (κ2) is 8.43. The third kappa shape index (κ3) is 4.69. The predicted molar refractivity (Wildman–Crippen MR) is 93.5 cm³/mol. The maximum atomic E-state index is 12.7. The van der Waals surface area contributed by atoms with E-state index in [4.69, 9.17) is 4.74 Å². The Morgan fingerprint density at radius 1 is 1.15 bits per heavy atom. The number of aromatic nitrogens is 4. The quantitative estimate of drug-likeness (QED) is 0.657. The number of nitrogens with one attached hydrogen (secondary N) is 1. The van der Waals surface area contributed by atoms with E-state index < -0.39 is 6.55 Å². The molecule has 9 heteroatoms. The number of hydrogen-bond acceptors (Lipinski definition) is 4. The zero-order valence-electron chi connectivity index (χ0n) is 14.7. The largest absolute Gasteiger partial charge is 0.486 e. The summed E-state index contributed by atoms with van der Waals surface area (Å²) in [6.07, 6.45) is 6.27. The lowest BCUT2D eigenvalue weighted by molar-refractivity contribution is 0.0670. The average Bonchev–Trinajstić information content (AvgIpc) is 3.29. The number of carbonyl (C=O) groups is 1. The first-order valence-electron chi connectivity index (χ1n) is 8.31. The van der Waals surface area contributed by atoms with Crippen molar-refractivity contribution in [1.82, 2.24) is 24.4 Å². The van der Waals surface area contributed by atoms with Gasteiger partial charge in [-0.25, -0.2) is 9.97 Å². The zero-order chi connectivity index (χ0) is 19.2. The molecule has 27 heavy (non-hydrogen) atoms. The molecular weight excluding hydrogens is 356 g/mol. The van der Waals surface area contributed by atoms with E-state index in [1.807, 2.05) is 17.8 Å². The number of rotatable bonds is 8. The number of aryl methyl sites for hydroxylation is 1. The van der Waals surface area contributed by atoms with Crippen LogP contribution < -0.4 is 10.1 Å². The van der Waals surface area contributed by atoms with Gasteiger partial charge in [-0.15, -0.1) is 0 Å². The van der Waals surface area contributed by atoms with E-state index >= 15 is 0 Å². The molecule has 3 aromatic rings. The number of carbonyl (C=O) groups excluding carboxylic acids is 1. The van der Waals surface area contributed by atoms with Gasteiger partial charge in [0.25, 0.3) is 5.91 Å². The van der Waals surface area contributed by atoms with Crippen LogP contribution in [0.2, 0.25) is 0 Å². The van der Waals surface area contributed by atoms with E-state index in [-0.39, 0.29) is 24.7 Å². The molecule has 0 saturated carbocycles. The molecule has 2 aromatic heterocycles. The summed E-state index contributed by atoms with van der Waals surface area (Å²) >= 11 is 0. The summed E-state index contributed by atoms with van der Waals surface area (Å²) in [6.45, 7) is -2.11. The van der Waals surface area contributed by atoms with Crippen molar-refractivity contribution in [1.29, 1.82) is 0 Å². The van der Waals surface area contributed by atoms with Crippen molar-refractivity contribution < 1.29 is 18.3 Å². The summed E-state index contributed by atoms with van der Waals surface area (Å²) in [4.78, 5) is 20.2. The zero-order valence-corrected chi connectivity index (χ0v) is 14.7. The summed E-state index contributed by atoms with van der Waals surface area (Å²) in [6, 6.07) is 6.68. The molecule has 0 bridgehead atoms. The van der Waals surface area contributed by atoms with Gasteiger partial charge in [0.2, 0.25) is 0 Å². The molecule has 0 aliphatic heterocycles. The summed E-state index contributed by atoms with van der Waals surface area (Å²) in [5.41, 5.74) is 0.455. The molecular formula is C18H19F2N5O2. The fourth-order valence-corrected chi connectivity index (χ4v) is 2.49. The average molecular weight is 375 g/mol. The van der Waals surface area contributed by atoms with Gasteiger partial charge in [0, 0.05) is 50.4 Å². The number of ether oxygens (including phenoxy) is 1. The summed E-state index contributed by atoms with van der Waals surface area (Å²) in [5, 5.41) is 2.69. The molecule has 0 aliphatic rings. The van der Waals surface area contributed by atoms with Crippen LogP contribution in [-0.4, -0.2) is 31.6 Å². The maximum Gasteiger partial charge on any atom is 0.319 e. The predicted octanol–water partition coefficient (Wildman–Crippen LogP) is 2.56. The van der Waals surface area contributed by atoms with E-state index in [0.29, 0.717) is 17.9 Å². The Balaban J connectivity index is 1.48. The molecule has 0 unspecified atom stereocenters. The molecule has 0 atom stereocenters. The first-order chi connectivity index (χ1) is 13.0. The number of imidazole rings is 2. The molecule has 7 nitrogen and oxygen atoms in total. The third-order valence-electron chi connectivity index (χ3n) is 4.00. The van der Waals surface area contributed by atoms with Crippen LogP contribution in [0.25, 0.3) is 0 Å². The van der Waals surface area contributed by atoms with E-state index in [1.165, 1.54) is 12.4 Å². The molecule has 0 radical (unpaired) electrons. The van der Waals surface area contributed by atoms with Gasteiger partial charge in [0.15, 0.2) is 0 Å². The monoisotopic (exact) mass is 375 g/mol. The van der Waals surface area contributed by atoms with Crippen LogP contribution >= 0.6 is 0 Å².